The predicted molar refractivity (Wildman–Crippen MR) is 98.4 cm³/mol. The van der Waals surface area contributed by atoms with Gasteiger partial charge >= 0.3 is 5.97 Å². The summed E-state index contributed by atoms with van der Waals surface area (Å²) >= 11 is 3.49. The summed E-state index contributed by atoms with van der Waals surface area (Å²) < 4.78 is 5.78. The van der Waals surface area contributed by atoms with Crippen LogP contribution in [0.4, 0.5) is 0 Å². The molecule has 0 unspecified atom stereocenters. The number of halogens is 1. The van der Waals surface area contributed by atoms with Gasteiger partial charge < -0.3 is 4.74 Å². The van der Waals surface area contributed by atoms with Crippen LogP contribution in [0.25, 0.3) is 22.9 Å². The SMILES string of the molecule is COC(=O)c1ccc(C=Cc2ccc3cc(Br)ccc3c2)cc1. The lowest BCUT2D eigenvalue weighted by Crippen LogP contribution is -2.00. The van der Waals surface area contributed by atoms with Crippen LogP contribution in [0.3, 0.4) is 0 Å². The lowest BCUT2D eigenvalue weighted by Gasteiger charge is -2.01. The average molecular weight is 367 g/mol. The van der Waals surface area contributed by atoms with E-state index in [4.69, 9.17) is 4.74 Å². The van der Waals surface area contributed by atoms with Gasteiger partial charge in [-0.25, -0.2) is 4.79 Å². The van der Waals surface area contributed by atoms with Crippen molar-refractivity contribution < 1.29 is 9.53 Å². The number of benzene rings is 3. The maximum absolute atomic E-state index is 11.4. The Kier molecular flexibility index (Phi) is 4.58. The fraction of sp³-hybridized carbons (Fsp3) is 0.0500. The molecule has 0 saturated carbocycles. The highest BCUT2D eigenvalue weighted by Crippen LogP contribution is 2.22. The van der Waals surface area contributed by atoms with Crippen molar-refractivity contribution >= 4 is 44.8 Å². The zero-order valence-corrected chi connectivity index (χ0v) is 14.2. The van der Waals surface area contributed by atoms with Gasteiger partial charge in [-0.05, 0) is 52.2 Å². The Balaban J connectivity index is 1.82. The molecule has 3 aromatic carbocycles. The minimum absolute atomic E-state index is 0.318. The first-order chi connectivity index (χ1) is 11.2. The molecule has 0 bridgehead atoms. The molecule has 2 nitrogen and oxygen atoms in total. The molecule has 0 aliphatic heterocycles. The summed E-state index contributed by atoms with van der Waals surface area (Å²) in [5.74, 6) is -0.318. The van der Waals surface area contributed by atoms with Crippen LogP contribution < -0.4 is 0 Å². The normalized spacial score (nSPS) is 11.0. The van der Waals surface area contributed by atoms with Crippen molar-refractivity contribution in [3.63, 3.8) is 0 Å². The molecular formula is C20H15BrO2. The van der Waals surface area contributed by atoms with Crippen LogP contribution in [0.1, 0.15) is 21.5 Å². The van der Waals surface area contributed by atoms with Gasteiger partial charge in [0, 0.05) is 4.47 Å². The van der Waals surface area contributed by atoms with E-state index >= 15 is 0 Å². The number of hydrogen-bond donors (Lipinski definition) is 0. The van der Waals surface area contributed by atoms with Gasteiger partial charge in [-0.15, -0.1) is 0 Å². The van der Waals surface area contributed by atoms with Crippen LogP contribution in [0.15, 0.2) is 65.1 Å². The van der Waals surface area contributed by atoms with Gasteiger partial charge in [0.05, 0.1) is 12.7 Å². The third-order valence-electron chi connectivity index (χ3n) is 3.63. The summed E-state index contributed by atoms with van der Waals surface area (Å²) in [6.07, 6.45) is 4.09. The number of esters is 1. The van der Waals surface area contributed by atoms with E-state index in [0.29, 0.717) is 5.56 Å². The molecule has 114 valence electrons. The van der Waals surface area contributed by atoms with Crippen LogP contribution in [0.5, 0.6) is 0 Å². The first-order valence-corrected chi connectivity index (χ1v) is 8.01. The third kappa shape index (κ3) is 3.69. The number of rotatable bonds is 3. The maximum atomic E-state index is 11.4. The van der Waals surface area contributed by atoms with E-state index in [0.717, 1.165) is 15.6 Å². The Labute approximate surface area is 143 Å². The van der Waals surface area contributed by atoms with Crippen LogP contribution >= 0.6 is 15.9 Å². The highest BCUT2D eigenvalue weighted by Gasteiger charge is 2.03. The number of ether oxygens (including phenoxy) is 1. The number of fused-ring (bicyclic) bond motifs is 1. The van der Waals surface area contributed by atoms with Crippen molar-refractivity contribution in [3.05, 3.63) is 81.8 Å². The van der Waals surface area contributed by atoms with E-state index in [1.165, 1.54) is 17.9 Å². The topological polar surface area (TPSA) is 26.3 Å². The van der Waals surface area contributed by atoms with Crippen LogP contribution in [-0.4, -0.2) is 13.1 Å². The second kappa shape index (κ2) is 6.80. The van der Waals surface area contributed by atoms with Crippen molar-refractivity contribution in [2.24, 2.45) is 0 Å². The first-order valence-electron chi connectivity index (χ1n) is 7.21. The second-order valence-electron chi connectivity index (χ2n) is 5.20. The molecular weight excluding hydrogens is 352 g/mol. The number of hydrogen-bond acceptors (Lipinski definition) is 2. The molecule has 3 rings (SSSR count). The molecule has 0 heterocycles. The highest BCUT2D eigenvalue weighted by molar-refractivity contribution is 9.10. The summed E-state index contributed by atoms with van der Waals surface area (Å²) in [5, 5.41) is 2.41. The summed E-state index contributed by atoms with van der Waals surface area (Å²) in [6.45, 7) is 0. The highest BCUT2D eigenvalue weighted by atomic mass is 79.9. The minimum Gasteiger partial charge on any atom is -0.465 e. The predicted octanol–water partition coefficient (Wildman–Crippen LogP) is 5.56. The van der Waals surface area contributed by atoms with Crippen molar-refractivity contribution in [2.45, 2.75) is 0 Å². The molecule has 0 atom stereocenters. The van der Waals surface area contributed by atoms with Crippen LogP contribution in [0, 0.1) is 0 Å². The van der Waals surface area contributed by atoms with Gasteiger partial charge in [0.1, 0.15) is 0 Å². The smallest absolute Gasteiger partial charge is 0.337 e. The van der Waals surface area contributed by atoms with Crippen LogP contribution in [0.2, 0.25) is 0 Å². The fourth-order valence-electron chi connectivity index (χ4n) is 2.38. The standard InChI is InChI=1S/C20H15BrO2/c1-23-20(22)16-7-4-14(5-8-16)2-3-15-6-9-18-13-19(21)11-10-17(18)12-15/h2-13H,1H3. The molecule has 0 aliphatic carbocycles. The molecule has 0 aliphatic rings. The van der Waals surface area contributed by atoms with Gasteiger partial charge in [0.2, 0.25) is 0 Å². The Morgan fingerprint density at radius 3 is 2.22 bits per heavy atom. The van der Waals surface area contributed by atoms with E-state index < -0.39 is 0 Å². The molecule has 23 heavy (non-hydrogen) atoms. The van der Waals surface area contributed by atoms with Gasteiger partial charge in [-0.2, -0.15) is 0 Å². The second-order valence-corrected chi connectivity index (χ2v) is 6.11. The quantitative estimate of drug-likeness (QED) is 0.448. The number of methoxy groups -OCH3 is 1. The maximum Gasteiger partial charge on any atom is 0.337 e. The fourth-order valence-corrected chi connectivity index (χ4v) is 2.76. The zero-order chi connectivity index (χ0) is 16.2. The molecule has 0 aromatic heterocycles. The molecule has 3 heteroatoms. The Morgan fingerprint density at radius 1 is 0.870 bits per heavy atom. The zero-order valence-electron chi connectivity index (χ0n) is 12.6. The average Bonchev–Trinajstić information content (AvgIpc) is 2.59. The molecule has 0 saturated heterocycles. The van der Waals surface area contributed by atoms with Crippen molar-refractivity contribution in [3.8, 4) is 0 Å². The van der Waals surface area contributed by atoms with Gasteiger partial charge in [0.25, 0.3) is 0 Å². The van der Waals surface area contributed by atoms with Gasteiger partial charge in [0.15, 0.2) is 0 Å². The van der Waals surface area contributed by atoms with Crippen LogP contribution in [-0.2, 0) is 4.74 Å². The minimum atomic E-state index is -0.318. The number of carbonyl (C=O) groups excluding carboxylic acids is 1. The molecule has 3 aromatic rings. The summed E-state index contributed by atoms with van der Waals surface area (Å²) in [6, 6.07) is 19.9. The van der Waals surface area contributed by atoms with Crippen molar-refractivity contribution in [1.82, 2.24) is 0 Å². The Hall–Kier alpha value is -2.39. The van der Waals surface area contributed by atoms with Crippen molar-refractivity contribution in [1.29, 1.82) is 0 Å². The Bertz CT molecular complexity index is 880. The summed E-state index contributed by atoms with van der Waals surface area (Å²) in [7, 11) is 1.38. The van der Waals surface area contributed by atoms with Crippen molar-refractivity contribution in [2.75, 3.05) is 7.11 Å². The molecule has 0 spiro atoms. The monoisotopic (exact) mass is 366 g/mol. The Morgan fingerprint density at radius 2 is 1.48 bits per heavy atom. The molecule has 0 fully saturated rings. The summed E-state index contributed by atoms with van der Waals surface area (Å²) in [4.78, 5) is 11.4. The third-order valence-corrected chi connectivity index (χ3v) is 4.12. The largest absolute Gasteiger partial charge is 0.465 e. The van der Waals surface area contributed by atoms with E-state index in [9.17, 15) is 4.79 Å². The number of carbonyl (C=O) groups is 1. The molecule has 0 N–H and O–H groups in total. The van der Waals surface area contributed by atoms with E-state index in [2.05, 4.69) is 52.3 Å². The lowest BCUT2D eigenvalue weighted by molar-refractivity contribution is 0.0601. The first kappa shape index (κ1) is 15.5. The molecule has 0 amide bonds. The summed E-state index contributed by atoms with van der Waals surface area (Å²) in [5.41, 5.74) is 2.73. The van der Waals surface area contributed by atoms with E-state index in [1.807, 2.05) is 24.3 Å². The van der Waals surface area contributed by atoms with Gasteiger partial charge in [-0.1, -0.05) is 58.4 Å². The van der Waals surface area contributed by atoms with Gasteiger partial charge in [-0.3, -0.25) is 0 Å². The molecule has 0 radical (unpaired) electrons. The van der Waals surface area contributed by atoms with E-state index in [1.54, 1.807) is 12.1 Å². The van der Waals surface area contributed by atoms with E-state index in [-0.39, 0.29) is 5.97 Å². The lowest BCUT2D eigenvalue weighted by atomic mass is 10.1.